The molecule has 0 aromatic carbocycles. The highest BCUT2D eigenvalue weighted by Gasteiger charge is 2.18. The Morgan fingerprint density at radius 1 is 0.950 bits per heavy atom. The number of aromatic amines is 1. The van der Waals surface area contributed by atoms with E-state index in [1.54, 1.807) is 0 Å². The SMILES string of the molecule is CCCCCCCCCCC[C@H](CC)c1[nH]cc[n+]1C. The smallest absolute Gasteiger partial charge is 0.247 e. The zero-order valence-corrected chi connectivity index (χ0v) is 14.0. The third-order valence-corrected chi connectivity index (χ3v) is 4.44. The molecule has 0 aliphatic carbocycles. The topological polar surface area (TPSA) is 19.7 Å². The van der Waals surface area contributed by atoms with E-state index in [1.165, 1.54) is 76.5 Å². The van der Waals surface area contributed by atoms with Gasteiger partial charge in [0.25, 0.3) is 5.82 Å². The van der Waals surface area contributed by atoms with Gasteiger partial charge in [-0.2, -0.15) is 0 Å². The molecular formula is C18H35N2+. The van der Waals surface area contributed by atoms with Crippen molar-refractivity contribution in [1.82, 2.24) is 4.98 Å². The van der Waals surface area contributed by atoms with Gasteiger partial charge in [0.2, 0.25) is 0 Å². The molecule has 0 unspecified atom stereocenters. The van der Waals surface area contributed by atoms with Gasteiger partial charge in [-0.15, -0.1) is 0 Å². The van der Waals surface area contributed by atoms with Crippen molar-refractivity contribution in [2.24, 2.45) is 7.05 Å². The summed E-state index contributed by atoms with van der Waals surface area (Å²) in [5, 5.41) is 0. The van der Waals surface area contributed by atoms with E-state index < -0.39 is 0 Å². The van der Waals surface area contributed by atoms with Crippen LogP contribution >= 0.6 is 0 Å². The maximum atomic E-state index is 3.40. The molecule has 0 fully saturated rings. The van der Waals surface area contributed by atoms with Crippen molar-refractivity contribution in [3.63, 3.8) is 0 Å². The van der Waals surface area contributed by atoms with Crippen molar-refractivity contribution in [1.29, 1.82) is 0 Å². The van der Waals surface area contributed by atoms with Crippen LogP contribution in [0.2, 0.25) is 0 Å². The molecule has 116 valence electrons. The van der Waals surface area contributed by atoms with E-state index in [0.717, 1.165) is 0 Å². The highest BCUT2D eigenvalue weighted by molar-refractivity contribution is 4.88. The van der Waals surface area contributed by atoms with Crippen molar-refractivity contribution in [3.05, 3.63) is 18.2 Å². The Morgan fingerprint density at radius 2 is 1.55 bits per heavy atom. The Hall–Kier alpha value is -0.790. The van der Waals surface area contributed by atoms with Crippen LogP contribution in [0.1, 0.15) is 96.2 Å². The second-order valence-electron chi connectivity index (χ2n) is 6.18. The highest BCUT2D eigenvalue weighted by atomic mass is 15.0. The second-order valence-corrected chi connectivity index (χ2v) is 6.18. The molecule has 20 heavy (non-hydrogen) atoms. The first-order valence-electron chi connectivity index (χ1n) is 8.82. The number of hydrogen-bond acceptors (Lipinski definition) is 0. The monoisotopic (exact) mass is 279 g/mol. The maximum Gasteiger partial charge on any atom is 0.257 e. The average molecular weight is 279 g/mol. The number of unbranched alkanes of at least 4 members (excludes halogenated alkanes) is 8. The number of aromatic nitrogens is 2. The van der Waals surface area contributed by atoms with Crippen LogP contribution in [0.3, 0.4) is 0 Å². The normalized spacial score (nSPS) is 12.8. The van der Waals surface area contributed by atoms with Gasteiger partial charge in [0.1, 0.15) is 12.4 Å². The van der Waals surface area contributed by atoms with Gasteiger partial charge in [-0.1, -0.05) is 71.6 Å². The lowest BCUT2D eigenvalue weighted by molar-refractivity contribution is -0.679. The van der Waals surface area contributed by atoms with E-state index in [1.807, 2.05) is 6.20 Å². The van der Waals surface area contributed by atoms with E-state index in [4.69, 9.17) is 0 Å². The molecular weight excluding hydrogens is 244 g/mol. The Morgan fingerprint density at radius 3 is 2.05 bits per heavy atom. The third-order valence-electron chi connectivity index (χ3n) is 4.44. The van der Waals surface area contributed by atoms with Crippen molar-refractivity contribution in [2.45, 2.75) is 90.4 Å². The van der Waals surface area contributed by atoms with Crippen LogP contribution in [0.5, 0.6) is 0 Å². The fourth-order valence-corrected chi connectivity index (χ4v) is 3.06. The summed E-state index contributed by atoms with van der Waals surface area (Å²) < 4.78 is 2.24. The van der Waals surface area contributed by atoms with E-state index >= 15 is 0 Å². The highest BCUT2D eigenvalue weighted by Crippen LogP contribution is 2.22. The van der Waals surface area contributed by atoms with Crippen LogP contribution in [0.4, 0.5) is 0 Å². The fourth-order valence-electron chi connectivity index (χ4n) is 3.06. The van der Waals surface area contributed by atoms with Gasteiger partial charge in [-0.05, 0) is 12.8 Å². The molecule has 0 aliphatic heterocycles. The minimum Gasteiger partial charge on any atom is -0.247 e. The Labute approximate surface area is 126 Å². The van der Waals surface area contributed by atoms with Crippen molar-refractivity contribution >= 4 is 0 Å². The molecule has 0 radical (unpaired) electrons. The van der Waals surface area contributed by atoms with Gasteiger partial charge in [0, 0.05) is 0 Å². The van der Waals surface area contributed by atoms with Gasteiger partial charge in [0.15, 0.2) is 0 Å². The number of nitrogens with one attached hydrogen (secondary N) is 1. The number of aryl methyl sites for hydroxylation is 1. The third kappa shape index (κ3) is 6.58. The van der Waals surface area contributed by atoms with Gasteiger partial charge in [-0.25, -0.2) is 9.55 Å². The van der Waals surface area contributed by atoms with E-state index in [-0.39, 0.29) is 0 Å². The van der Waals surface area contributed by atoms with Crippen LogP contribution in [-0.4, -0.2) is 4.98 Å². The van der Waals surface area contributed by atoms with Crippen LogP contribution in [-0.2, 0) is 7.05 Å². The number of imidazole rings is 1. The quantitative estimate of drug-likeness (QED) is 0.398. The number of H-pyrrole nitrogens is 1. The number of nitrogens with zero attached hydrogens (tertiary/aromatic N) is 1. The number of hydrogen-bond donors (Lipinski definition) is 1. The predicted octanol–water partition coefficient (Wildman–Crippen LogP) is 5.25. The fraction of sp³-hybridized carbons (Fsp3) is 0.833. The lowest BCUT2D eigenvalue weighted by Crippen LogP contribution is -2.32. The molecule has 1 aromatic rings. The predicted molar refractivity (Wildman–Crippen MR) is 86.8 cm³/mol. The Bertz CT molecular complexity index is 330. The zero-order chi connectivity index (χ0) is 14.6. The second kappa shape index (κ2) is 10.9. The van der Waals surface area contributed by atoms with Gasteiger partial charge in [-0.3, -0.25) is 0 Å². The summed E-state index contributed by atoms with van der Waals surface area (Å²) in [5.41, 5.74) is 0. The summed E-state index contributed by atoms with van der Waals surface area (Å²) in [6.45, 7) is 4.59. The molecule has 0 saturated carbocycles. The van der Waals surface area contributed by atoms with E-state index in [0.29, 0.717) is 5.92 Å². The average Bonchev–Trinajstić information content (AvgIpc) is 2.87. The van der Waals surface area contributed by atoms with Crippen LogP contribution < -0.4 is 4.57 Å². The molecule has 0 spiro atoms. The van der Waals surface area contributed by atoms with Crippen molar-refractivity contribution < 1.29 is 4.57 Å². The first kappa shape index (κ1) is 17.3. The number of rotatable bonds is 12. The summed E-state index contributed by atoms with van der Waals surface area (Å²) >= 11 is 0. The molecule has 1 heterocycles. The largest absolute Gasteiger partial charge is 0.257 e. The minimum atomic E-state index is 0.708. The zero-order valence-electron chi connectivity index (χ0n) is 14.0. The van der Waals surface area contributed by atoms with Crippen molar-refractivity contribution in [2.75, 3.05) is 0 Å². The van der Waals surface area contributed by atoms with Crippen LogP contribution in [0.15, 0.2) is 12.4 Å². The van der Waals surface area contributed by atoms with Gasteiger partial charge >= 0.3 is 0 Å². The summed E-state index contributed by atoms with van der Waals surface area (Å²) in [6.07, 6.45) is 19.5. The Kier molecular flexibility index (Phi) is 9.44. The first-order chi connectivity index (χ1) is 9.79. The molecule has 1 N–H and O–H groups in total. The van der Waals surface area contributed by atoms with Crippen LogP contribution in [0.25, 0.3) is 0 Å². The lowest BCUT2D eigenvalue weighted by atomic mass is 9.97. The summed E-state index contributed by atoms with van der Waals surface area (Å²) in [6, 6.07) is 0. The summed E-state index contributed by atoms with van der Waals surface area (Å²) in [7, 11) is 2.14. The standard InChI is InChI=1S/C18H34N2/c1-4-6-7-8-9-10-11-12-13-14-17(5-2)18-19-15-16-20(18)3/h15-17H,4-14H2,1-3H3/p+1/t17-/m0/s1. The molecule has 2 nitrogen and oxygen atoms in total. The van der Waals surface area contributed by atoms with Gasteiger partial charge in [0.05, 0.1) is 13.0 Å². The molecule has 0 amide bonds. The maximum absolute atomic E-state index is 3.40. The van der Waals surface area contributed by atoms with Gasteiger partial charge < -0.3 is 0 Å². The van der Waals surface area contributed by atoms with E-state index in [2.05, 4.69) is 36.6 Å². The molecule has 1 aromatic heterocycles. The summed E-state index contributed by atoms with van der Waals surface area (Å²) in [4.78, 5) is 3.40. The molecule has 0 bridgehead atoms. The molecule has 1 rings (SSSR count). The molecule has 1 atom stereocenters. The Balaban J connectivity index is 2.04. The minimum absolute atomic E-state index is 0.708. The lowest BCUT2D eigenvalue weighted by Gasteiger charge is -2.10. The van der Waals surface area contributed by atoms with Crippen molar-refractivity contribution in [3.8, 4) is 0 Å². The van der Waals surface area contributed by atoms with Crippen LogP contribution in [0, 0.1) is 0 Å². The summed E-state index contributed by atoms with van der Waals surface area (Å²) in [5.74, 6) is 2.10. The molecule has 0 aliphatic rings. The molecule has 2 heteroatoms. The molecule has 0 saturated heterocycles. The van der Waals surface area contributed by atoms with E-state index in [9.17, 15) is 0 Å². The first-order valence-corrected chi connectivity index (χ1v) is 8.82.